The second-order valence-electron chi connectivity index (χ2n) is 5.97. The van der Waals surface area contributed by atoms with Crippen molar-refractivity contribution in [1.82, 2.24) is 0 Å². The van der Waals surface area contributed by atoms with Gasteiger partial charge in [-0.2, -0.15) is 0 Å². The average Bonchev–Trinajstić information content (AvgIpc) is 2.35. The van der Waals surface area contributed by atoms with Crippen molar-refractivity contribution in [3.8, 4) is 5.75 Å². The van der Waals surface area contributed by atoms with E-state index in [1.165, 1.54) is 6.92 Å². The number of phenolic OH excluding ortho intramolecular Hbond substituents is 1. The monoisotopic (exact) mass is 278 g/mol. The van der Waals surface area contributed by atoms with E-state index in [1.807, 2.05) is 13.8 Å². The fourth-order valence-corrected chi connectivity index (χ4v) is 2.54. The van der Waals surface area contributed by atoms with Crippen LogP contribution in [0.5, 0.6) is 5.75 Å². The lowest BCUT2D eigenvalue weighted by Gasteiger charge is -2.15. The van der Waals surface area contributed by atoms with Crippen molar-refractivity contribution in [2.45, 2.75) is 60.3 Å². The summed E-state index contributed by atoms with van der Waals surface area (Å²) in [5.41, 5.74) is 4.35. The van der Waals surface area contributed by atoms with E-state index in [0.717, 1.165) is 47.9 Å². The van der Waals surface area contributed by atoms with Crippen LogP contribution in [0.15, 0.2) is 18.0 Å². The minimum atomic E-state index is -0.0974. The number of aromatic hydroxyl groups is 1. The summed E-state index contributed by atoms with van der Waals surface area (Å²) in [7, 11) is 0. The molecular weight excluding hydrogens is 251 g/mol. The quantitative estimate of drug-likeness (QED) is 0.724. The minimum absolute atomic E-state index is 0.0974. The Morgan fingerprint density at radius 2 is 1.90 bits per heavy atom. The van der Waals surface area contributed by atoms with Gasteiger partial charge in [-0.05, 0) is 81.5 Å². The third kappa shape index (κ3) is 4.66. The van der Waals surface area contributed by atoms with Gasteiger partial charge in [-0.25, -0.2) is 4.39 Å². The van der Waals surface area contributed by atoms with Gasteiger partial charge < -0.3 is 5.11 Å². The van der Waals surface area contributed by atoms with Crippen molar-refractivity contribution in [3.63, 3.8) is 0 Å². The molecule has 0 bridgehead atoms. The molecule has 1 atom stereocenters. The standard InChI is InChI=1S/C18H27FO/c1-12(7-6-8-15(4)19)9-10-17-14(3)11-13(2)16(5)18(17)20/h8,11-12,20H,6-7,9-10H2,1-5H3/b15-8-. The van der Waals surface area contributed by atoms with Gasteiger partial charge in [-0.15, -0.1) is 0 Å². The molecule has 0 aliphatic carbocycles. The van der Waals surface area contributed by atoms with Crippen LogP contribution in [0, 0.1) is 26.7 Å². The number of rotatable bonds is 6. The lowest BCUT2D eigenvalue weighted by Crippen LogP contribution is -2.01. The van der Waals surface area contributed by atoms with Gasteiger partial charge in [0.1, 0.15) is 5.75 Å². The van der Waals surface area contributed by atoms with Crippen LogP contribution in [-0.4, -0.2) is 5.11 Å². The molecule has 112 valence electrons. The molecule has 0 aliphatic heterocycles. The van der Waals surface area contributed by atoms with Crippen LogP contribution in [0.1, 0.15) is 55.4 Å². The summed E-state index contributed by atoms with van der Waals surface area (Å²) in [6, 6.07) is 2.14. The first-order valence-electron chi connectivity index (χ1n) is 7.43. The molecule has 2 heteroatoms. The van der Waals surface area contributed by atoms with Crippen molar-refractivity contribution in [2.75, 3.05) is 0 Å². The number of benzene rings is 1. The maximum absolute atomic E-state index is 12.6. The fourth-order valence-electron chi connectivity index (χ4n) is 2.54. The molecule has 1 nitrogen and oxygen atoms in total. The summed E-state index contributed by atoms with van der Waals surface area (Å²) in [4.78, 5) is 0. The average molecular weight is 278 g/mol. The molecule has 0 fully saturated rings. The largest absolute Gasteiger partial charge is 0.507 e. The predicted molar refractivity (Wildman–Crippen MR) is 83.9 cm³/mol. The molecule has 0 aromatic heterocycles. The van der Waals surface area contributed by atoms with Gasteiger partial charge in [0, 0.05) is 0 Å². The van der Waals surface area contributed by atoms with Gasteiger partial charge >= 0.3 is 0 Å². The molecule has 0 heterocycles. The Bertz CT molecular complexity index is 485. The zero-order valence-corrected chi connectivity index (χ0v) is 13.4. The van der Waals surface area contributed by atoms with Crippen LogP contribution in [0.2, 0.25) is 0 Å². The number of hydrogen-bond donors (Lipinski definition) is 1. The van der Waals surface area contributed by atoms with Gasteiger partial charge in [0.05, 0.1) is 5.83 Å². The Hall–Kier alpha value is -1.31. The lowest BCUT2D eigenvalue weighted by molar-refractivity contribution is 0.450. The number of hydrogen-bond acceptors (Lipinski definition) is 1. The van der Waals surface area contributed by atoms with E-state index in [1.54, 1.807) is 6.08 Å². The SMILES string of the molecule is C/C(F)=C/CCC(C)CCc1c(C)cc(C)c(C)c1O. The number of aryl methyl sites for hydroxylation is 2. The van der Waals surface area contributed by atoms with Crippen molar-refractivity contribution in [1.29, 1.82) is 0 Å². The second-order valence-corrected chi connectivity index (χ2v) is 5.97. The molecule has 0 amide bonds. The second kappa shape index (κ2) is 7.47. The molecule has 1 N–H and O–H groups in total. The van der Waals surface area contributed by atoms with Gasteiger partial charge in [-0.3, -0.25) is 0 Å². The molecule has 0 saturated carbocycles. The molecule has 0 saturated heterocycles. The van der Waals surface area contributed by atoms with E-state index in [0.29, 0.717) is 11.7 Å². The lowest BCUT2D eigenvalue weighted by atomic mass is 9.92. The van der Waals surface area contributed by atoms with Gasteiger partial charge in [0.2, 0.25) is 0 Å². The first-order chi connectivity index (χ1) is 9.32. The summed E-state index contributed by atoms with van der Waals surface area (Å²) in [6.45, 7) is 9.73. The first-order valence-corrected chi connectivity index (χ1v) is 7.43. The summed E-state index contributed by atoms with van der Waals surface area (Å²) in [5, 5.41) is 10.3. The Morgan fingerprint density at radius 1 is 1.25 bits per heavy atom. The maximum Gasteiger partial charge on any atom is 0.122 e. The molecule has 1 rings (SSSR count). The summed E-state index contributed by atoms with van der Waals surface area (Å²) in [6.07, 6.45) is 5.34. The van der Waals surface area contributed by atoms with Crippen LogP contribution in [-0.2, 0) is 6.42 Å². The smallest absolute Gasteiger partial charge is 0.122 e. The van der Waals surface area contributed by atoms with E-state index in [9.17, 15) is 9.50 Å². The topological polar surface area (TPSA) is 20.2 Å². The van der Waals surface area contributed by atoms with Crippen LogP contribution >= 0.6 is 0 Å². The number of halogens is 1. The van der Waals surface area contributed by atoms with Gasteiger partial charge in [0.15, 0.2) is 0 Å². The highest BCUT2D eigenvalue weighted by Crippen LogP contribution is 2.30. The molecule has 1 aromatic carbocycles. The third-order valence-electron chi connectivity index (χ3n) is 4.11. The number of allylic oxidation sites excluding steroid dienone is 2. The van der Waals surface area contributed by atoms with Crippen LogP contribution < -0.4 is 0 Å². The van der Waals surface area contributed by atoms with Gasteiger partial charge in [0.25, 0.3) is 0 Å². The molecule has 20 heavy (non-hydrogen) atoms. The zero-order valence-electron chi connectivity index (χ0n) is 13.4. The maximum atomic E-state index is 12.6. The van der Waals surface area contributed by atoms with Crippen molar-refractivity contribution < 1.29 is 9.50 Å². The third-order valence-corrected chi connectivity index (χ3v) is 4.11. The van der Waals surface area contributed by atoms with E-state index < -0.39 is 0 Å². The summed E-state index contributed by atoms with van der Waals surface area (Å²) < 4.78 is 12.6. The van der Waals surface area contributed by atoms with E-state index in [4.69, 9.17) is 0 Å². The Kier molecular flexibility index (Phi) is 6.25. The first kappa shape index (κ1) is 16.7. The van der Waals surface area contributed by atoms with Gasteiger partial charge in [-0.1, -0.05) is 19.1 Å². The Labute approximate surface area is 122 Å². The highest BCUT2D eigenvalue weighted by atomic mass is 19.1. The van der Waals surface area contributed by atoms with Crippen molar-refractivity contribution in [2.24, 2.45) is 5.92 Å². The number of phenols is 1. The normalized spacial score (nSPS) is 13.6. The van der Waals surface area contributed by atoms with Crippen LogP contribution in [0.25, 0.3) is 0 Å². The van der Waals surface area contributed by atoms with Crippen molar-refractivity contribution >= 4 is 0 Å². The highest BCUT2D eigenvalue weighted by molar-refractivity contribution is 5.48. The van der Waals surface area contributed by atoms with E-state index >= 15 is 0 Å². The predicted octanol–water partition coefficient (Wildman–Crippen LogP) is 5.54. The minimum Gasteiger partial charge on any atom is -0.507 e. The van der Waals surface area contributed by atoms with Crippen molar-refractivity contribution in [3.05, 3.63) is 40.2 Å². The Morgan fingerprint density at radius 3 is 2.50 bits per heavy atom. The van der Waals surface area contributed by atoms with Crippen LogP contribution in [0.4, 0.5) is 4.39 Å². The van der Waals surface area contributed by atoms with Crippen LogP contribution in [0.3, 0.4) is 0 Å². The molecule has 0 spiro atoms. The molecule has 0 aliphatic rings. The van der Waals surface area contributed by atoms with E-state index in [2.05, 4.69) is 19.9 Å². The summed E-state index contributed by atoms with van der Waals surface area (Å²) >= 11 is 0. The highest BCUT2D eigenvalue weighted by Gasteiger charge is 2.12. The summed E-state index contributed by atoms with van der Waals surface area (Å²) in [5.74, 6) is 0.889. The molecule has 0 radical (unpaired) electrons. The molecular formula is C18H27FO. The molecule has 1 unspecified atom stereocenters. The molecule has 1 aromatic rings. The Balaban J connectivity index is 2.62. The van der Waals surface area contributed by atoms with E-state index in [-0.39, 0.29) is 5.83 Å². The zero-order chi connectivity index (χ0) is 15.3. The fraction of sp³-hybridized carbons (Fsp3) is 0.556.